The number of carbonyl (C=O) groups is 1. The minimum absolute atomic E-state index is 0.245. The molecular formula is C13H13N5O3. The molecule has 8 heteroatoms. The molecule has 1 N–H and O–H groups in total. The zero-order valence-electron chi connectivity index (χ0n) is 11.5. The Morgan fingerprint density at radius 3 is 3.05 bits per heavy atom. The minimum Gasteiger partial charge on any atom is -0.462 e. The molecule has 0 fully saturated rings. The molecule has 3 aromatic rings. The van der Waals surface area contributed by atoms with Crippen LogP contribution in [0.2, 0.25) is 0 Å². The fourth-order valence-corrected chi connectivity index (χ4v) is 2.05. The van der Waals surface area contributed by atoms with Crippen molar-refractivity contribution >= 4 is 17.0 Å². The molecule has 0 unspecified atom stereocenters. The Bertz CT molecular complexity index is 873. The summed E-state index contributed by atoms with van der Waals surface area (Å²) >= 11 is 0. The van der Waals surface area contributed by atoms with E-state index in [1.807, 2.05) is 0 Å². The molecule has 0 saturated heterocycles. The number of aromatic amines is 1. The average molecular weight is 287 g/mol. The van der Waals surface area contributed by atoms with E-state index in [9.17, 15) is 9.59 Å². The summed E-state index contributed by atoms with van der Waals surface area (Å²) in [5, 5.41) is 4.02. The second kappa shape index (κ2) is 4.89. The second-order valence-electron chi connectivity index (χ2n) is 4.44. The molecule has 0 saturated carbocycles. The van der Waals surface area contributed by atoms with Gasteiger partial charge in [0.2, 0.25) is 5.95 Å². The van der Waals surface area contributed by atoms with Crippen LogP contribution in [0.4, 0.5) is 0 Å². The lowest BCUT2D eigenvalue weighted by Crippen LogP contribution is -2.15. The van der Waals surface area contributed by atoms with Crippen LogP contribution in [0.1, 0.15) is 17.3 Å². The molecule has 0 aromatic carbocycles. The van der Waals surface area contributed by atoms with Gasteiger partial charge in [-0.2, -0.15) is 5.10 Å². The van der Waals surface area contributed by atoms with E-state index < -0.39 is 5.97 Å². The zero-order valence-corrected chi connectivity index (χ0v) is 11.5. The summed E-state index contributed by atoms with van der Waals surface area (Å²) in [5.41, 5.74) is 1.07. The first-order valence-electron chi connectivity index (χ1n) is 6.37. The third kappa shape index (κ3) is 2.20. The lowest BCUT2D eigenvalue weighted by molar-refractivity contribution is 0.0526. The SMILES string of the molecule is CCOC(=O)c1cnn(-c2nc3ccn(C)c3c(=O)[nH]2)c1. The minimum atomic E-state index is -0.466. The topological polar surface area (TPSA) is 94.8 Å². The van der Waals surface area contributed by atoms with Gasteiger partial charge in [-0.25, -0.2) is 14.5 Å². The van der Waals surface area contributed by atoms with Gasteiger partial charge >= 0.3 is 5.97 Å². The quantitative estimate of drug-likeness (QED) is 0.713. The van der Waals surface area contributed by atoms with Crippen LogP contribution < -0.4 is 5.56 Å². The largest absolute Gasteiger partial charge is 0.462 e. The van der Waals surface area contributed by atoms with E-state index in [0.29, 0.717) is 16.6 Å². The number of carbonyl (C=O) groups excluding carboxylic acids is 1. The number of nitrogens with one attached hydrogen (secondary N) is 1. The lowest BCUT2D eigenvalue weighted by Gasteiger charge is -2.01. The van der Waals surface area contributed by atoms with Crippen LogP contribution in [0.15, 0.2) is 29.5 Å². The van der Waals surface area contributed by atoms with E-state index in [4.69, 9.17) is 4.74 Å². The van der Waals surface area contributed by atoms with Gasteiger partial charge in [0.15, 0.2) is 0 Å². The Morgan fingerprint density at radius 2 is 2.29 bits per heavy atom. The molecular weight excluding hydrogens is 274 g/mol. The number of rotatable bonds is 3. The number of nitrogens with zero attached hydrogens (tertiary/aromatic N) is 4. The van der Waals surface area contributed by atoms with Crippen molar-refractivity contribution < 1.29 is 9.53 Å². The molecule has 0 aliphatic rings. The number of hydrogen-bond acceptors (Lipinski definition) is 5. The molecule has 8 nitrogen and oxygen atoms in total. The highest BCUT2D eigenvalue weighted by molar-refractivity contribution is 5.88. The average Bonchev–Trinajstić information content (AvgIpc) is 3.06. The highest BCUT2D eigenvalue weighted by atomic mass is 16.5. The van der Waals surface area contributed by atoms with Gasteiger partial charge in [-0.15, -0.1) is 0 Å². The smallest absolute Gasteiger partial charge is 0.341 e. The van der Waals surface area contributed by atoms with E-state index in [-0.39, 0.29) is 18.1 Å². The van der Waals surface area contributed by atoms with E-state index in [1.165, 1.54) is 17.1 Å². The first-order valence-corrected chi connectivity index (χ1v) is 6.37. The Balaban J connectivity index is 2.05. The third-order valence-electron chi connectivity index (χ3n) is 3.03. The second-order valence-corrected chi connectivity index (χ2v) is 4.44. The van der Waals surface area contributed by atoms with Crippen molar-refractivity contribution in [1.82, 2.24) is 24.3 Å². The lowest BCUT2D eigenvalue weighted by atomic mass is 10.4. The van der Waals surface area contributed by atoms with E-state index in [1.54, 1.807) is 30.8 Å². The van der Waals surface area contributed by atoms with Crippen LogP contribution in [-0.4, -0.2) is 36.9 Å². The van der Waals surface area contributed by atoms with Gasteiger partial charge in [0.05, 0.1) is 23.9 Å². The zero-order chi connectivity index (χ0) is 15.0. The summed E-state index contributed by atoms with van der Waals surface area (Å²) in [6.07, 6.45) is 4.59. The monoisotopic (exact) mass is 287 g/mol. The van der Waals surface area contributed by atoms with Gasteiger partial charge in [0, 0.05) is 19.4 Å². The van der Waals surface area contributed by atoms with Crippen LogP contribution >= 0.6 is 0 Å². The van der Waals surface area contributed by atoms with Gasteiger partial charge in [-0.1, -0.05) is 0 Å². The van der Waals surface area contributed by atoms with Gasteiger partial charge in [0.25, 0.3) is 5.56 Å². The van der Waals surface area contributed by atoms with Gasteiger partial charge in [-0.3, -0.25) is 9.78 Å². The number of H-pyrrole nitrogens is 1. The number of fused-ring (bicyclic) bond motifs is 1. The van der Waals surface area contributed by atoms with Crippen molar-refractivity contribution in [2.75, 3.05) is 6.61 Å². The van der Waals surface area contributed by atoms with Crippen LogP contribution in [0.3, 0.4) is 0 Å². The van der Waals surface area contributed by atoms with Crippen molar-refractivity contribution in [1.29, 1.82) is 0 Å². The van der Waals surface area contributed by atoms with E-state index in [0.717, 1.165) is 0 Å². The van der Waals surface area contributed by atoms with Crippen LogP contribution in [0.5, 0.6) is 0 Å². The standard InChI is InChI=1S/C13H13N5O3/c1-3-21-12(20)8-6-14-18(7-8)13-15-9-4-5-17(2)10(9)11(19)16-13/h4-7H,3H2,1-2H3,(H,15,16,19). The fourth-order valence-electron chi connectivity index (χ4n) is 2.05. The third-order valence-corrected chi connectivity index (χ3v) is 3.03. The highest BCUT2D eigenvalue weighted by Crippen LogP contribution is 2.10. The van der Waals surface area contributed by atoms with Crippen molar-refractivity contribution in [2.45, 2.75) is 6.92 Å². The molecule has 0 aliphatic heterocycles. The Morgan fingerprint density at radius 1 is 1.48 bits per heavy atom. The van der Waals surface area contributed by atoms with Crippen molar-refractivity contribution in [3.8, 4) is 5.95 Å². The number of hydrogen-bond donors (Lipinski definition) is 1. The number of aromatic nitrogens is 5. The first-order chi connectivity index (χ1) is 10.1. The number of ether oxygens (including phenoxy) is 1. The van der Waals surface area contributed by atoms with Crippen molar-refractivity contribution in [2.24, 2.45) is 7.05 Å². The number of esters is 1. The van der Waals surface area contributed by atoms with Gasteiger partial charge < -0.3 is 9.30 Å². The maximum absolute atomic E-state index is 12.0. The molecule has 0 aliphatic carbocycles. The molecule has 0 bridgehead atoms. The summed E-state index contributed by atoms with van der Waals surface area (Å²) in [5.74, 6) is -0.221. The van der Waals surface area contributed by atoms with Gasteiger partial charge in [-0.05, 0) is 13.0 Å². The molecule has 21 heavy (non-hydrogen) atoms. The summed E-state index contributed by atoms with van der Waals surface area (Å²) in [4.78, 5) is 30.6. The van der Waals surface area contributed by atoms with Crippen molar-refractivity contribution in [3.63, 3.8) is 0 Å². The molecule has 0 radical (unpaired) electrons. The van der Waals surface area contributed by atoms with Crippen LogP contribution in [-0.2, 0) is 11.8 Å². The number of aryl methyl sites for hydroxylation is 1. The highest BCUT2D eigenvalue weighted by Gasteiger charge is 2.13. The maximum atomic E-state index is 12.0. The molecule has 3 rings (SSSR count). The molecule has 0 amide bonds. The predicted molar refractivity (Wildman–Crippen MR) is 74.4 cm³/mol. The molecule has 0 atom stereocenters. The summed E-state index contributed by atoms with van der Waals surface area (Å²) in [7, 11) is 1.77. The predicted octanol–water partition coefficient (Wildman–Crippen LogP) is 0.624. The summed E-state index contributed by atoms with van der Waals surface area (Å²) < 4.78 is 7.91. The Kier molecular flexibility index (Phi) is 3.05. The first kappa shape index (κ1) is 13.1. The normalized spacial score (nSPS) is 11.0. The molecule has 0 spiro atoms. The molecule has 108 valence electrons. The van der Waals surface area contributed by atoms with E-state index >= 15 is 0 Å². The summed E-state index contributed by atoms with van der Waals surface area (Å²) in [6, 6.07) is 1.74. The Hall–Kier alpha value is -2.90. The summed E-state index contributed by atoms with van der Waals surface area (Å²) in [6.45, 7) is 2.01. The molecule has 3 heterocycles. The fraction of sp³-hybridized carbons (Fsp3) is 0.231. The van der Waals surface area contributed by atoms with Crippen molar-refractivity contribution in [3.05, 3.63) is 40.6 Å². The van der Waals surface area contributed by atoms with Crippen LogP contribution in [0, 0.1) is 0 Å². The van der Waals surface area contributed by atoms with E-state index in [2.05, 4.69) is 15.1 Å². The maximum Gasteiger partial charge on any atom is 0.341 e. The van der Waals surface area contributed by atoms with Crippen LogP contribution in [0.25, 0.3) is 17.0 Å². The Labute approximate surface area is 119 Å². The van der Waals surface area contributed by atoms with Gasteiger partial charge in [0.1, 0.15) is 5.52 Å². The molecule has 3 aromatic heterocycles.